The van der Waals surface area contributed by atoms with Gasteiger partial charge in [-0.25, -0.2) is 13.6 Å². The van der Waals surface area contributed by atoms with Crippen LogP contribution in [0.4, 0.5) is 8.78 Å². The monoisotopic (exact) mass is 357 g/mol. The SMILES string of the molecule is O=C1c2ccccc2C(=O)N1OC(=O)C1(c2ccc(F)cc2F)CCC1. The standard InChI is InChI=1S/C19H13F2NO4/c20-11-6-7-14(15(21)10-11)19(8-3-9-19)18(25)26-22-16(23)12-4-1-2-5-13(12)17(22)24/h1-2,4-7,10H,3,8-9H2. The Labute approximate surface area is 147 Å². The van der Waals surface area contributed by atoms with E-state index in [0.717, 1.165) is 6.07 Å². The lowest BCUT2D eigenvalue weighted by Crippen LogP contribution is -2.48. The highest BCUT2D eigenvalue weighted by molar-refractivity contribution is 6.21. The molecular formula is C19H13F2NO4. The van der Waals surface area contributed by atoms with Crippen molar-refractivity contribution in [3.63, 3.8) is 0 Å². The minimum absolute atomic E-state index is 0.00626. The van der Waals surface area contributed by atoms with Crippen molar-refractivity contribution in [1.82, 2.24) is 5.06 Å². The molecule has 1 saturated carbocycles. The van der Waals surface area contributed by atoms with Gasteiger partial charge in [-0.05, 0) is 31.0 Å². The Hall–Kier alpha value is -3.09. The van der Waals surface area contributed by atoms with E-state index in [-0.39, 0.29) is 29.5 Å². The van der Waals surface area contributed by atoms with Crippen LogP contribution in [0.5, 0.6) is 0 Å². The number of fused-ring (bicyclic) bond motifs is 1. The molecule has 0 aromatic heterocycles. The summed E-state index contributed by atoms with van der Waals surface area (Å²) >= 11 is 0. The number of hydrogen-bond acceptors (Lipinski definition) is 4. The van der Waals surface area contributed by atoms with Crippen LogP contribution in [-0.4, -0.2) is 22.8 Å². The molecule has 0 atom stereocenters. The maximum absolute atomic E-state index is 14.2. The number of carbonyl (C=O) groups is 3. The highest BCUT2D eigenvalue weighted by atomic mass is 19.1. The van der Waals surface area contributed by atoms with Crippen molar-refractivity contribution in [2.45, 2.75) is 24.7 Å². The van der Waals surface area contributed by atoms with E-state index in [1.807, 2.05) is 0 Å². The van der Waals surface area contributed by atoms with E-state index in [2.05, 4.69) is 0 Å². The van der Waals surface area contributed by atoms with Gasteiger partial charge in [-0.15, -0.1) is 0 Å². The molecule has 7 heteroatoms. The van der Waals surface area contributed by atoms with Crippen molar-refractivity contribution < 1.29 is 28.0 Å². The largest absolute Gasteiger partial charge is 0.343 e. The molecular weight excluding hydrogens is 344 g/mol. The van der Waals surface area contributed by atoms with Crippen LogP contribution in [0.15, 0.2) is 42.5 Å². The minimum atomic E-state index is -1.33. The number of benzene rings is 2. The molecule has 132 valence electrons. The summed E-state index contributed by atoms with van der Waals surface area (Å²) in [5.74, 6) is -4.00. The third-order valence-electron chi connectivity index (χ3n) is 4.98. The zero-order valence-electron chi connectivity index (χ0n) is 13.5. The number of imide groups is 1. The Morgan fingerprint density at radius 1 is 1.00 bits per heavy atom. The lowest BCUT2D eigenvalue weighted by Gasteiger charge is -2.39. The topological polar surface area (TPSA) is 63.7 Å². The molecule has 1 fully saturated rings. The predicted molar refractivity (Wildman–Crippen MR) is 84.9 cm³/mol. The van der Waals surface area contributed by atoms with E-state index < -0.39 is 34.8 Å². The second-order valence-electron chi connectivity index (χ2n) is 6.39. The summed E-state index contributed by atoms with van der Waals surface area (Å²) in [6.45, 7) is 0. The van der Waals surface area contributed by atoms with Crippen LogP contribution in [0.3, 0.4) is 0 Å². The number of carbonyl (C=O) groups excluding carboxylic acids is 3. The quantitative estimate of drug-likeness (QED) is 0.792. The fourth-order valence-electron chi connectivity index (χ4n) is 3.41. The first-order valence-electron chi connectivity index (χ1n) is 8.10. The van der Waals surface area contributed by atoms with Gasteiger partial charge in [0.2, 0.25) is 0 Å². The molecule has 2 amide bonds. The van der Waals surface area contributed by atoms with Crippen molar-refractivity contribution in [3.8, 4) is 0 Å². The summed E-state index contributed by atoms with van der Waals surface area (Å²) in [5.41, 5.74) is -1.04. The molecule has 1 aliphatic carbocycles. The number of hydrogen-bond donors (Lipinski definition) is 0. The smallest absolute Gasteiger partial charge is 0.329 e. The van der Waals surface area contributed by atoms with Crippen LogP contribution < -0.4 is 0 Å². The van der Waals surface area contributed by atoms with E-state index >= 15 is 0 Å². The summed E-state index contributed by atoms with van der Waals surface area (Å²) in [7, 11) is 0. The summed E-state index contributed by atoms with van der Waals surface area (Å²) in [5, 5.41) is 0.411. The van der Waals surface area contributed by atoms with E-state index in [1.54, 1.807) is 12.1 Å². The number of halogens is 2. The third-order valence-corrected chi connectivity index (χ3v) is 4.98. The first-order valence-corrected chi connectivity index (χ1v) is 8.10. The molecule has 2 aromatic rings. The second kappa shape index (κ2) is 5.72. The highest BCUT2D eigenvalue weighted by Gasteiger charge is 2.51. The van der Waals surface area contributed by atoms with E-state index in [1.165, 1.54) is 18.2 Å². The number of nitrogens with zero attached hydrogens (tertiary/aromatic N) is 1. The number of hydroxylamine groups is 2. The van der Waals surface area contributed by atoms with E-state index in [0.29, 0.717) is 17.6 Å². The van der Waals surface area contributed by atoms with Crippen molar-refractivity contribution >= 4 is 17.8 Å². The normalized spacial score (nSPS) is 17.7. The molecule has 26 heavy (non-hydrogen) atoms. The second-order valence-corrected chi connectivity index (χ2v) is 6.39. The average Bonchev–Trinajstić information content (AvgIpc) is 2.81. The summed E-state index contributed by atoms with van der Waals surface area (Å²) in [6, 6.07) is 9.07. The molecule has 0 spiro atoms. The predicted octanol–water partition coefficient (Wildman–Crippen LogP) is 3.14. The van der Waals surface area contributed by atoms with Crippen molar-refractivity contribution in [3.05, 3.63) is 70.8 Å². The lowest BCUT2D eigenvalue weighted by molar-refractivity contribution is -0.180. The van der Waals surface area contributed by atoms with Crippen LogP contribution in [0.2, 0.25) is 0 Å². The van der Waals surface area contributed by atoms with Gasteiger partial charge in [-0.3, -0.25) is 9.59 Å². The number of rotatable bonds is 3. The highest BCUT2D eigenvalue weighted by Crippen LogP contribution is 2.46. The van der Waals surface area contributed by atoms with Gasteiger partial charge in [0.1, 0.15) is 11.6 Å². The Morgan fingerprint density at radius 3 is 2.12 bits per heavy atom. The molecule has 1 aliphatic heterocycles. The van der Waals surface area contributed by atoms with Crippen molar-refractivity contribution in [1.29, 1.82) is 0 Å². The Balaban J connectivity index is 1.64. The van der Waals surface area contributed by atoms with Gasteiger partial charge in [-0.2, -0.15) is 0 Å². The molecule has 2 aliphatic rings. The van der Waals surface area contributed by atoms with Crippen LogP contribution in [-0.2, 0) is 15.0 Å². The molecule has 0 unspecified atom stereocenters. The molecule has 0 radical (unpaired) electrons. The summed E-state index contributed by atoms with van der Waals surface area (Å²) < 4.78 is 27.4. The average molecular weight is 357 g/mol. The molecule has 0 bridgehead atoms. The maximum atomic E-state index is 14.2. The van der Waals surface area contributed by atoms with Gasteiger partial charge in [-0.1, -0.05) is 29.7 Å². The number of amides is 2. The Bertz CT molecular complexity index is 917. The van der Waals surface area contributed by atoms with Gasteiger partial charge >= 0.3 is 5.97 Å². The fourth-order valence-corrected chi connectivity index (χ4v) is 3.41. The van der Waals surface area contributed by atoms with E-state index in [4.69, 9.17) is 4.84 Å². The van der Waals surface area contributed by atoms with Crippen LogP contribution in [0.1, 0.15) is 45.5 Å². The van der Waals surface area contributed by atoms with Crippen LogP contribution in [0, 0.1) is 11.6 Å². The Morgan fingerprint density at radius 2 is 1.62 bits per heavy atom. The molecule has 2 aromatic carbocycles. The van der Waals surface area contributed by atoms with Gasteiger partial charge in [0.25, 0.3) is 11.8 Å². The first kappa shape index (κ1) is 16.4. The van der Waals surface area contributed by atoms with Crippen molar-refractivity contribution in [2.24, 2.45) is 0 Å². The van der Waals surface area contributed by atoms with Crippen molar-refractivity contribution in [2.75, 3.05) is 0 Å². The Kier molecular flexibility index (Phi) is 3.61. The first-order chi connectivity index (χ1) is 12.4. The molecule has 4 rings (SSSR count). The maximum Gasteiger partial charge on any atom is 0.343 e. The third kappa shape index (κ3) is 2.23. The summed E-state index contributed by atoms with van der Waals surface area (Å²) in [6.07, 6.45) is 1.23. The van der Waals surface area contributed by atoms with Crippen LogP contribution in [0.25, 0.3) is 0 Å². The molecule has 1 heterocycles. The van der Waals surface area contributed by atoms with E-state index in [9.17, 15) is 23.2 Å². The zero-order valence-corrected chi connectivity index (χ0v) is 13.5. The fraction of sp³-hybridized carbons (Fsp3) is 0.211. The molecule has 0 saturated heterocycles. The minimum Gasteiger partial charge on any atom is -0.329 e. The molecule has 5 nitrogen and oxygen atoms in total. The summed E-state index contributed by atoms with van der Waals surface area (Å²) in [4.78, 5) is 42.5. The van der Waals surface area contributed by atoms with Gasteiger partial charge in [0, 0.05) is 11.6 Å². The molecule has 0 N–H and O–H groups in total. The van der Waals surface area contributed by atoms with Gasteiger partial charge < -0.3 is 4.84 Å². The van der Waals surface area contributed by atoms with Crippen LogP contribution >= 0.6 is 0 Å². The zero-order chi connectivity index (χ0) is 18.5. The van der Waals surface area contributed by atoms with Gasteiger partial charge in [0.15, 0.2) is 0 Å². The lowest BCUT2D eigenvalue weighted by atomic mass is 9.64. The van der Waals surface area contributed by atoms with Gasteiger partial charge in [0.05, 0.1) is 16.5 Å².